The van der Waals surface area contributed by atoms with Gasteiger partial charge in [-0.05, 0) is 24.3 Å². The van der Waals surface area contributed by atoms with E-state index in [1.807, 2.05) is 24.3 Å². The van der Waals surface area contributed by atoms with Crippen LogP contribution in [0.4, 0.5) is 16.2 Å². The second kappa shape index (κ2) is 6.87. The zero-order valence-corrected chi connectivity index (χ0v) is 13.2. The summed E-state index contributed by atoms with van der Waals surface area (Å²) >= 11 is 0. The van der Waals surface area contributed by atoms with Crippen LogP contribution in [0, 0.1) is 0 Å². The van der Waals surface area contributed by atoms with E-state index < -0.39 is 0 Å². The normalized spacial score (nSPS) is 21.3. The summed E-state index contributed by atoms with van der Waals surface area (Å²) in [5, 5.41) is 2.67. The molecule has 0 bridgehead atoms. The average molecular weight is 319 g/mol. The first-order valence-electron chi connectivity index (χ1n) is 7.79. The van der Waals surface area contributed by atoms with E-state index in [1.54, 1.807) is 4.90 Å². The standard InChI is InChI=1S/C16H21N3O4/c1-12(20)17-10-15-11-19(16(21)23-15)14-4-2-13(3-5-14)18-6-8-22-9-7-18/h2-5,15H,6-11H2,1H3,(H,17,20)/t15-/m0/s1. The van der Waals surface area contributed by atoms with Gasteiger partial charge in [0, 0.05) is 31.4 Å². The van der Waals surface area contributed by atoms with E-state index in [4.69, 9.17) is 9.47 Å². The first-order chi connectivity index (χ1) is 11.1. The molecule has 0 spiro atoms. The number of morpholine rings is 1. The Hall–Kier alpha value is -2.28. The number of anilines is 2. The number of amides is 2. The molecule has 7 heteroatoms. The number of hydrogen-bond donors (Lipinski definition) is 1. The van der Waals surface area contributed by atoms with Crippen molar-refractivity contribution in [3.8, 4) is 0 Å². The van der Waals surface area contributed by atoms with Gasteiger partial charge in [0.25, 0.3) is 0 Å². The summed E-state index contributed by atoms with van der Waals surface area (Å²) in [7, 11) is 0. The Morgan fingerprint density at radius 2 is 1.87 bits per heavy atom. The number of benzene rings is 1. The molecule has 1 aromatic rings. The average Bonchev–Trinajstić information content (AvgIpc) is 2.95. The van der Waals surface area contributed by atoms with Crippen molar-refractivity contribution in [2.45, 2.75) is 13.0 Å². The minimum atomic E-state index is -0.375. The summed E-state index contributed by atoms with van der Waals surface area (Å²) in [5.41, 5.74) is 1.93. The molecular weight excluding hydrogens is 298 g/mol. The van der Waals surface area contributed by atoms with Gasteiger partial charge in [-0.25, -0.2) is 4.79 Å². The third kappa shape index (κ3) is 3.73. The van der Waals surface area contributed by atoms with E-state index in [-0.39, 0.29) is 18.1 Å². The van der Waals surface area contributed by atoms with Crippen molar-refractivity contribution in [2.75, 3.05) is 49.2 Å². The van der Waals surface area contributed by atoms with Gasteiger partial charge in [-0.1, -0.05) is 0 Å². The number of hydrogen-bond acceptors (Lipinski definition) is 5. The number of ether oxygens (including phenoxy) is 2. The monoisotopic (exact) mass is 319 g/mol. The van der Waals surface area contributed by atoms with E-state index in [1.165, 1.54) is 6.92 Å². The number of carbonyl (C=O) groups excluding carboxylic acids is 2. The highest BCUT2D eigenvalue weighted by atomic mass is 16.6. The lowest BCUT2D eigenvalue weighted by Crippen LogP contribution is -2.36. The Morgan fingerprint density at radius 1 is 1.22 bits per heavy atom. The molecule has 2 saturated heterocycles. The van der Waals surface area contributed by atoms with Crippen molar-refractivity contribution in [3.63, 3.8) is 0 Å². The van der Waals surface area contributed by atoms with E-state index in [9.17, 15) is 9.59 Å². The van der Waals surface area contributed by atoms with E-state index in [0.29, 0.717) is 13.1 Å². The highest BCUT2D eigenvalue weighted by Crippen LogP contribution is 2.25. The molecule has 2 aliphatic heterocycles. The van der Waals surface area contributed by atoms with E-state index in [0.717, 1.165) is 37.7 Å². The number of carbonyl (C=O) groups is 2. The van der Waals surface area contributed by atoms with Gasteiger partial charge in [-0.3, -0.25) is 9.69 Å². The highest BCUT2D eigenvalue weighted by molar-refractivity contribution is 5.90. The van der Waals surface area contributed by atoms with Crippen LogP contribution in [0.3, 0.4) is 0 Å². The van der Waals surface area contributed by atoms with Crippen LogP contribution in [0.15, 0.2) is 24.3 Å². The van der Waals surface area contributed by atoms with Crippen LogP contribution in [0.25, 0.3) is 0 Å². The molecular formula is C16H21N3O4. The lowest BCUT2D eigenvalue weighted by molar-refractivity contribution is -0.119. The predicted octanol–water partition coefficient (Wildman–Crippen LogP) is 0.984. The smallest absolute Gasteiger partial charge is 0.414 e. The Balaban J connectivity index is 1.62. The molecule has 0 aliphatic carbocycles. The Bertz CT molecular complexity index is 569. The topological polar surface area (TPSA) is 71.1 Å². The third-order valence-corrected chi connectivity index (χ3v) is 3.99. The van der Waals surface area contributed by atoms with Gasteiger partial charge in [0.1, 0.15) is 6.10 Å². The lowest BCUT2D eigenvalue weighted by Gasteiger charge is -2.29. The van der Waals surface area contributed by atoms with Crippen LogP contribution < -0.4 is 15.1 Å². The van der Waals surface area contributed by atoms with E-state index >= 15 is 0 Å². The Labute approximate surface area is 135 Å². The SMILES string of the molecule is CC(=O)NC[C@H]1CN(c2ccc(N3CCOCC3)cc2)C(=O)O1. The zero-order valence-electron chi connectivity index (χ0n) is 13.2. The maximum Gasteiger partial charge on any atom is 0.414 e. The summed E-state index contributed by atoms with van der Waals surface area (Å²) in [6.45, 7) is 5.46. The molecule has 2 amide bonds. The second-order valence-corrected chi connectivity index (χ2v) is 5.67. The molecule has 7 nitrogen and oxygen atoms in total. The van der Waals surface area contributed by atoms with Gasteiger partial charge in [-0.15, -0.1) is 0 Å². The largest absolute Gasteiger partial charge is 0.442 e. The van der Waals surface area contributed by atoms with Gasteiger partial charge in [-0.2, -0.15) is 0 Å². The Kier molecular flexibility index (Phi) is 4.66. The van der Waals surface area contributed by atoms with Gasteiger partial charge < -0.3 is 19.7 Å². The number of cyclic esters (lactones) is 1. The molecule has 0 aromatic heterocycles. The molecule has 0 unspecified atom stereocenters. The van der Waals surface area contributed by atoms with Crippen LogP contribution in [-0.4, -0.2) is 57.5 Å². The maximum atomic E-state index is 12.0. The fourth-order valence-corrected chi connectivity index (χ4v) is 2.76. The lowest BCUT2D eigenvalue weighted by atomic mass is 10.2. The van der Waals surface area contributed by atoms with Gasteiger partial charge in [0.05, 0.1) is 26.3 Å². The maximum absolute atomic E-state index is 12.0. The first kappa shape index (κ1) is 15.6. The molecule has 23 heavy (non-hydrogen) atoms. The van der Waals surface area contributed by atoms with Crippen LogP contribution in [-0.2, 0) is 14.3 Å². The van der Waals surface area contributed by atoms with Crippen LogP contribution >= 0.6 is 0 Å². The minimum Gasteiger partial charge on any atom is -0.442 e. The summed E-state index contributed by atoms with van der Waals surface area (Å²) in [5.74, 6) is -0.130. The molecule has 1 N–H and O–H groups in total. The molecule has 0 saturated carbocycles. The van der Waals surface area contributed by atoms with Gasteiger partial charge in [0.2, 0.25) is 5.91 Å². The molecule has 1 atom stereocenters. The summed E-state index contributed by atoms with van der Waals surface area (Å²) in [4.78, 5) is 26.8. The molecule has 2 fully saturated rings. The predicted molar refractivity (Wildman–Crippen MR) is 85.8 cm³/mol. The van der Waals surface area contributed by atoms with Crippen LogP contribution in [0.5, 0.6) is 0 Å². The molecule has 2 aliphatic rings. The van der Waals surface area contributed by atoms with Crippen molar-refractivity contribution >= 4 is 23.4 Å². The van der Waals surface area contributed by atoms with Gasteiger partial charge in [0.15, 0.2) is 0 Å². The molecule has 0 radical (unpaired) electrons. The van der Waals surface area contributed by atoms with Crippen molar-refractivity contribution in [1.29, 1.82) is 0 Å². The summed E-state index contributed by atoms with van der Waals surface area (Å²) in [6, 6.07) is 7.86. The van der Waals surface area contributed by atoms with Gasteiger partial charge >= 0.3 is 6.09 Å². The second-order valence-electron chi connectivity index (χ2n) is 5.67. The molecule has 124 valence electrons. The minimum absolute atomic E-state index is 0.130. The quantitative estimate of drug-likeness (QED) is 0.896. The third-order valence-electron chi connectivity index (χ3n) is 3.99. The number of nitrogens with one attached hydrogen (secondary N) is 1. The molecule has 3 rings (SSSR count). The van der Waals surface area contributed by atoms with Crippen LogP contribution in [0.2, 0.25) is 0 Å². The van der Waals surface area contributed by atoms with Crippen molar-refractivity contribution in [1.82, 2.24) is 5.32 Å². The summed E-state index contributed by atoms with van der Waals surface area (Å²) < 4.78 is 10.6. The highest BCUT2D eigenvalue weighted by Gasteiger charge is 2.32. The first-order valence-corrected chi connectivity index (χ1v) is 7.79. The van der Waals surface area contributed by atoms with Crippen molar-refractivity contribution in [2.24, 2.45) is 0 Å². The van der Waals surface area contributed by atoms with E-state index in [2.05, 4.69) is 10.2 Å². The number of rotatable bonds is 4. The van der Waals surface area contributed by atoms with Crippen molar-refractivity contribution in [3.05, 3.63) is 24.3 Å². The Morgan fingerprint density at radius 3 is 2.52 bits per heavy atom. The fraction of sp³-hybridized carbons (Fsp3) is 0.500. The zero-order chi connectivity index (χ0) is 16.2. The van der Waals surface area contributed by atoms with Crippen LogP contribution in [0.1, 0.15) is 6.92 Å². The molecule has 2 heterocycles. The number of nitrogens with zero attached hydrogens (tertiary/aromatic N) is 2. The molecule has 1 aromatic carbocycles. The van der Waals surface area contributed by atoms with Crippen molar-refractivity contribution < 1.29 is 19.1 Å². The fourth-order valence-electron chi connectivity index (χ4n) is 2.76. The summed E-state index contributed by atoms with van der Waals surface area (Å²) in [6.07, 6.45) is -0.690.